The van der Waals surface area contributed by atoms with Crippen molar-refractivity contribution in [1.82, 2.24) is 0 Å². The van der Waals surface area contributed by atoms with E-state index in [1.165, 1.54) is 36.0 Å². The van der Waals surface area contributed by atoms with Crippen molar-refractivity contribution in [2.24, 2.45) is 5.92 Å². The third-order valence-electron chi connectivity index (χ3n) is 6.12. The van der Waals surface area contributed by atoms with Gasteiger partial charge in [0.2, 0.25) is 0 Å². The minimum atomic E-state index is -2.77. The van der Waals surface area contributed by atoms with Gasteiger partial charge in [0.25, 0.3) is 0 Å². The molecule has 4 rings (SSSR count). The monoisotopic (exact) mass is 368 g/mol. The van der Waals surface area contributed by atoms with Crippen LogP contribution in [0.25, 0.3) is 0 Å². The topological polar surface area (TPSA) is 9.23 Å². The molecule has 3 heteroatoms. The molecule has 0 fully saturated rings. The lowest BCUT2D eigenvalue weighted by molar-refractivity contribution is -0.0498. The van der Waals surface area contributed by atoms with Crippen LogP contribution in [0.3, 0.4) is 0 Å². The average Bonchev–Trinajstić information content (AvgIpc) is 2.67. The number of ether oxygens (including phenoxy) is 1. The first kappa shape index (κ1) is 18.2. The summed E-state index contributed by atoms with van der Waals surface area (Å²) in [6.07, 6.45) is 11.4. The van der Waals surface area contributed by atoms with Crippen molar-refractivity contribution < 1.29 is 13.5 Å². The van der Waals surface area contributed by atoms with E-state index < -0.39 is 6.61 Å². The van der Waals surface area contributed by atoms with Crippen LogP contribution in [0.4, 0.5) is 8.78 Å². The molecule has 0 bridgehead atoms. The Labute approximate surface area is 160 Å². The highest BCUT2D eigenvalue weighted by atomic mass is 19.3. The van der Waals surface area contributed by atoms with E-state index in [-0.39, 0.29) is 5.75 Å². The van der Waals surface area contributed by atoms with Gasteiger partial charge in [-0.05, 0) is 97.2 Å². The van der Waals surface area contributed by atoms with Crippen LogP contribution in [0, 0.1) is 5.92 Å². The highest BCUT2D eigenvalue weighted by molar-refractivity contribution is 5.46. The van der Waals surface area contributed by atoms with Gasteiger partial charge < -0.3 is 4.74 Å². The Bertz CT molecular complexity index is 823. The highest BCUT2D eigenvalue weighted by Gasteiger charge is 2.26. The average molecular weight is 368 g/mol. The van der Waals surface area contributed by atoms with Gasteiger partial charge >= 0.3 is 6.61 Å². The molecule has 0 radical (unpaired) electrons. The lowest BCUT2D eigenvalue weighted by atomic mass is 9.74. The van der Waals surface area contributed by atoms with Crippen LogP contribution >= 0.6 is 0 Å². The maximum atomic E-state index is 12.3. The second-order valence-corrected chi connectivity index (χ2v) is 7.76. The molecule has 2 atom stereocenters. The molecular weight excluding hydrogens is 342 g/mol. The summed E-state index contributed by atoms with van der Waals surface area (Å²) in [7, 11) is 0. The predicted molar refractivity (Wildman–Crippen MR) is 105 cm³/mol. The summed E-state index contributed by atoms with van der Waals surface area (Å²) in [6, 6.07) is 11.9. The summed E-state index contributed by atoms with van der Waals surface area (Å²) < 4.78 is 29.1. The molecule has 2 aliphatic carbocycles. The zero-order valence-electron chi connectivity index (χ0n) is 15.8. The molecule has 0 N–H and O–H groups in total. The number of benzene rings is 2. The largest absolute Gasteiger partial charge is 0.435 e. The minimum absolute atomic E-state index is 0.231. The number of alkyl halides is 2. The molecule has 0 unspecified atom stereocenters. The van der Waals surface area contributed by atoms with Crippen molar-refractivity contribution >= 4 is 0 Å². The predicted octanol–water partition coefficient (Wildman–Crippen LogP) is 6.24. The van der Waals surface area contributed by atoms with Crippen LogP contribution in [0.1, 0.15) is 53.5 Å². The van der Waals surface area contributed by atoms with Crippen molar-refractivity contribution in [2.45, 2.75) is 58.0 Å². The number of fused-ring (bicyclic) bond motifs is 3. The molecule has 27 heavy (non-hydrogen) atoms. The third-order valence-corrected chi connectivity index (χ3v) is 6.12. The van der Waals surface area contributed by atoms with Gasteiger partial charge in [0.1, 0.15) is 5.75 Å². The van der Waals surface area contributed by atoms with Crippen molar-refractivity contribution in [3.63, 3.8) is 0 Å². The molecule has 0 aliphatic heterocycles. The number of hydrogen-bond donors (Lipinski definition) is 0. The van der Waals surface area contributed by atoms with Gasteiger partial charge in [-0.3, -0.25) is 0 Å². The summed E-state index contributed by atoms with van der Waals surface area (Å²) in [4.78, 5) is 0. The van der Waals surface area contributed by atoms with Crippen LogP contribution in [0.5, 0.6) is 5.75 Å². The zero-order chi connectivity index (χ0) is 18.8. The third kappa shape index (κ3) is 3.92. The van der Waals surface area contributed by atoms with Gasteiger partial charge in [0.15, 0.2) is 0 Å². The Morgan fingerprint density at radius 3 is 2.26 bits per heavy atom. The smallest absolute Gasteiger partial charge is 0.387 e. The summed E-state index contributed by atoms with van der Waals surface area (Å²) in [5, 5.41) is 0. The summed E-state index contributed by atoms with van der Waals surface area (Å²) in [5.41, 5.74) is 7.42. The van der Waals surface area contributed by atoms with E-state index in [0.717, 1.165) is 19.3 Å². The molecule has 0 spiro atoms. The van der Waals surface area contributed by atoms with E-state index in [1.807, 2.05) is 12.1 Å². The van der Waals surface area contributed by atoms with E-state index in [0.29, 0.717) is 11.8 Å². The van der Waals surface area contributed by atoms with E-state index in [4.69, 9.17) is 0 Å². The standard InChI is InChI=1S/C24H26F2O/c1-2-3-16-4-12-22-19(14-16)5-6-20-15-18(9-13-23(20)22)17-7-10-21(11-8-17)27-24(25)26/h2-3,5-8,10-11,16,18,24H,4,9,12-15H2,1H3/b3-2+/t16-,18-/m0/s1. The fourth-order valence-corrected chi connectivity index (χ4v) is 4.84. The molecule has 2 aromatic rings. The van der Waals surface area contributed by atoms with Gasteiger partial charge in [0, 0.05) is 0 Å². The van der Waals surface area contributed by atoms with Crippen LogP contribution < -0.4 is 4.74 Å². The Morgan fingerprint density at radius 2 is 1.59 bits per heavy atom. The first-order valence-electron chi connectivity index (χ1n) is 9.94. The van der Waals surface area contributed by atoms with Crippen LogP contribution in [-0.2, 0) is 25.7 Å². The molecule has 142 valence electrons. The molecule has 0 saturated carbocycles. The Kier molecular flexibility index (Phi) is 5.29. The molecule has 1 nitrogen and oxygen atoms in total. The number of rotatable bonds is 4. The van der Waals surface area contributed by atoms with Gasteiger partial charge in [-0.1, -0.05) is 36.4 Å². The molecule has 0 amide bonds. The summed E-state index contributed by atoms with van der Waals surface area (Å²) in [5.74, 6) is 1.37. The second kappa shape index (κ2) is 7.84. The molecule has 0 saturated heterocycles. The minimum Gasteiger partial charge on any atom is -0.435 e. The van der Waals surface area contributed by atoms with Crippen LogP contribution in [0.2, 0.25) is 0 Å². The molecule has 0 heterocycles. The van der Waals surface area contributed by atoms with Crippen molar-refractivity contribution in [3.05, 3.63) is 76.4 Å². The van der Waals surface area contributed by atoms with Gasteiger partial charge in [-0.25, -0.2) is 0 Å². The van der Waals surface area contributed by atoms with Crippen molar-refractivity contribution in [1.29, 1.82) is 0 Å². The lowest BCUT2D eigenvalue weighted by Gasteiger charge is -2.31. The normalized spacial score (nSPS) is 21.9. The fraction of sp³-hybridized carbons (Fsp3) is 0.417. The number of halogens is 2. The van der Waals surface area contributed by atoms with E-state index in [1.54, 1.807) is 23.3 Å². The van der Waals surface area contributed by atoms with E-state index in [2.05, 4.69) is 35.9 Å². The number of hydrogen-bond acceptors (Lipinski definition) is 1. The zero-order valence-corrected chi connectivity index (χ0v) is 15.8. The number of allylic oxidation sites excluding steroid dienone is 2. The van der Waals surface area contributed by atoms with Gasteiger partial charge in [-0.15, -0.1) is 0 Å². The molecule has 0 aromatic heterocycles. The molecule has 2 aromatic carbocycles. The first-order valence-corrected chi connectivity index (χ1v) is 9.94. The van der Waals surface area contributed by atoms with E-state index >= 15 is 0 Å². The summed E-state index contributed by atoms with van der Waals surface area (Å²) >= 11 is 0. The highest BCUT2D eigenvalue weighted by Crippen LogP contribution is 2.38. The second-order valence-electron chi connectivity index (χ2n) is 7.76. The lowest BCUT2D eigenvalue weighted by Crippen LogP contribution is -2.20. The van der Waals surface area contributed by atoms with Crippen LogP contribution in [0.15, 0.2) is 48.6 Å². The molecular formula is C24H26F2O. The van der Waals surface area contributed by atoms with Crippen molar-refractivity contribution in [3.8, 4) is 5.75 Å². The maximum absolute atomic E-state index is 12.3. The Balaban J connectivity index is 1.51. The summed E-state index contributed by atoms with van der Waals surface area (Å²) in [6.45, 7) is -0.662. The van der Waals surface area contributed by atoms with Crippen LogP contribution in [-0.4, -0.2) is 6.61 Å². The Hall–Kier alpha value is -2.16. The van der Waals surface area contributed by atoms with E-state index in [9.17, 15) is 8.78 Å². The quantitative estimate of drug-likeness (QED) is 0.580. The van der Waals surface area contributed by atoms with Crippen molar-refractivity contribution in [2.75, 3.05) is 0 Å². The Morgan fingerprint density at radius 1 is 0.926 bits per heavy atom. The maximum Gasteiger partial charge on any atom is 0.387 e. The first-order chi connectivity index (χ1) is 13.1. The van der Waals surface area contributed by atoms with Gasteiger partial charge in [0.05, 0.1) is 0 Å². The molecule has 2 aliphatic rings. The van der Waals surface area contributed by atoms with Gasteiger partial charge in [-0.2, -0.15) is 8.78 Å². The SMILES string of the molecule is C/C=C/[C@H]1CCc2c(ccc3c2CC[C@H](c2ccc(OC(F)F)cc2)C3)C1. The fourth-order valence-electron chi connectivity index (χ4n) is 4.84.